The normalized spacial score (nSPS) is 18.3. The molecule has 1 atom stereocenters. The molecule has 6 heteroatoms. The molecule has 1 fully saturated rings. The standard InChI is InChI=1S/C11H20N2O4/c14-8-5-9(10(15)16)12-11(17)13-6-3-1-2-4-7-13/h9,14H,1-8H2,(H,12,17)(H,15,16)/t9-/m1/s1. The van der Waals surface area contributed by atoms with Crippen LogP contribution >= 0.6 is 0 Å². The van der Waals surface area contributed by atoms with Gasteiger partial charge >= 0.3 is 12.0 Å². The zero-order valence-electron chi connectivity index (χ0n) is 9.89. The highest BCUT2D eigenvalue weighted by molar-refractivity contribution is 5.82. The molecular weight excluding hydrogens is 224 g/mol. The summed E-state index contributed by atoms with van der Waals surface area (Å²) in [4.78, 5) is 24.3. The van der Waals surface area contributed by atoms with Crippen LogP contribution in [0.25, 0.3) is 0 Å². The first-order chi connectivity index (χ1) is 8.15. The van der Waals surface area contributed by atoms with Crippen LogP contribution in [0.15, 0.2) is 0 Å². The van der Waals surface area contributed by atoms with Crippen molar-refractivity contribution in [2.24, 2.45) is 0 Å². The molecule has 98 valence electrons. The van der Waals surface area contributed by atoms with Gasteiger partial charge in [-0.2, -0.15) is 0 Å². The van der Waals surface area contributed by atoms with E-state index in [1.54, 1.807) is 4.90 Å². The number of carboxylic acids is 1. The van der Waals surface area contributed by atoms with Gasteiger partial charge in [0.15, 0.2) is 0 Å². The van der Waals surface area contributed by atoms with Crippen molar-refractivity contribution in [3.8, 4) is 0 Å². The summed E-state index contributed by atoms with van der Waals surface area (Å²) in [5, 5.41) is 20.0. The minimum absolute atomic E-state index is 0.0366. The Hall–Kier alpha value is -1.30. The maximum absolute atomic E-state index is 11.8. The predicted molar refractivity (Wildman–Crippen MR) is 61.7 cm³/mol. The van der Waals surface area contributed by atoms with Crippen molar-refractivity contribution in [1.82, 2.24) is 10.2 Å². The van der Waals surface area contributed by atoms with Gasteiger partial charge in [-0.1, -0.05) is 12.8 Å². The Bertz CT molecular complexity index is 262. The summed E-state index contributed by atoms with van der Waals surface area (Å²) in [5.41, 5.74) is 0. The third kappa shape index (κ3) is 4.60. The molecule has 1 rings (SSSR count). The molecular formula is C11H20N2O4. The minimum Gasteiger partial charge on any atom is -0.480 e. The Morgan fingerprint density at radius 1 is 1.18 bits per heavy atom. The van der Waals surface area contributed by atoms with Crippen molar-refractivity contribution in [2.45, 2.75) is 38.1 Å². The van der Waals surface area contributed by atoms with Gasteiger partial charge in [0.1, 0.15) is 6.04 Å². The van der Waals surface area contributed by atoms with Gasteiger partial charge in [0, 0.05) is 26.1 Å². The lowest BCUT2D eigenvalue weighted by Crippen LogP contribution is -2.48. The van der Waals surface area contributed by atoms with Gasteiger partial charge in [-0.3, -0.25) is 0 Å². The number of likely N-dealkylation sites (tertiary alicyclic amines) is 1. The highest BCUT2D eigenvalue weighted by Crippen LogP contribution is 2.09. The highest BCUT2D eigenvalue weighted by Gasteiger charge is 2.22. The first kappa shape index (κ1) is 13.8. The molecule has 1 heterocycles. The molecule has 1 saturated heterocycles. The van der Waals surface area contributed by atoms with Gasteiger partial charge in [-0.25, -0.2) is 9.59 Å². The minimum atomic E-state index is -1.11. The Kier molecular flexibility index (Phi) is 5.76. The second kappa shape index (κ2) is 7.11. The van der Waals surface area contributed by atoms with E-state index in [4.69, 9.17) is 10.2 Å². The van der Waals surface area contributed by atoms with Crippen LogP contribution in [0, 0.1) is 0 Å². The third-order valence-electron chi connectivity index (χ3n) is 2.91. The van der Waals surface area contributed by atoms with Crippen LogP contribution < -0.4 is 5.32 Å². The van der Waals surface area contributed by atoms with Crippen molar-refractivity contribution in [2.75, 3.05) is 19.7 Å². The number of hydrogen-bond acceptors (Lipinski definition) is 3. The van der Waals surface area contributed by atoms with Gasteiger partial charge in [0.05, 0.1) is 0 Å². The van der Waals surface area contributed by atoms with Gasteiger partial charge in [0.2, 0.25) is 0 Å². The topological polar surface area (TPSA) is 89.9 Å². The smallest absolute Gasteiger partial charge is 0.326 e. The lowest BCUT2D eigenvalue weighted by Gasteiger charge is -2.23. The number of urea groups is 1. The van der Waals surface area contributed by atoms with Gasteiger partial charge in [-0.15, -0.1) is 0 Å². The lowest BCUT2D eigenvalue weighted by atomic mass is 10.2. The highest BCUT2D eigenvalue weighted by atomic mass is 16.4. The molecule has 1 aliphatic rings. The molecule has 3 N–H and O–H groups in total. The number of carbonyl (C=O) groups excluding carboxylic acids is 1. The summed E-state index contributed by atoms with van der Waals surface area (Å²) in [6.45, 7) is 1.10. The van der Waals surface area contributed by atoms with E-state index in [0.717, 1.165) is 25.7 Å². The molecule has 0 spiro atoms. The molecule has 17 heavy (non-hydrogen) atoms. The fraction of sp³-hybridized carbons (Fsp3) is 0.818. The molecule has 0 aromatic rings. The van der Waals surface area contributed by atoms with E-state index in [-0.39, 0.29) is 19.1 Å². The van der Waals surface area contributed by atoms with Crippen LogP contribution in [0.5, 0.6) is 0 Å². The number of carbonyl (C=O) groups is 2. The fourth-order valence-corrected chi connectivity index (χ4v) is 1.90. The monoisotopic (exact) mass is 244 g/mol. The number of nitrogens with zero attached hydrogens (tertiary/aromatic N) is 1. The quantitative estimate of drug-likeness (QED) is 0.668. The number of nitrogens with one attached hydrogen (secondary N) is 1. The van der Waals surface area contributed by atoms with Crippen molar-refractivity contribution in [3.05, 3.63) is 0 Å². The van der Waals surface area contributed by atoms with E-state index in [1.807, 2.05) is 0 Å². The number of aliphatic hydroxyl groups is 1. The second-order valence-electron chi connectivity index (χ2n) is 4.25. The largest absolute Gasteiger partial charge is 0.480 e. The molecule has 0 bridgehead atoms. The Morgan fingerprint density at radius 2 is 1.76 bits per heavy atom. The number of hydrogen-bond donors (Lipinski definition) is 3. The third-order valence-corrected chi connectivity index (χ3v) is 2.91. The van der Waals surface area contributed by atoms with Crippen LogP contribution in [0.1, 0.15) is 32.1 Å². The van der Waals surface area contributed by atoms with Gasteiger partial charge < -0.3 is 20.4 Å². The van der Waals surface area contributed by atoms with E-state index in [9.17, 15) is 9.59 Å². The lowest BCUT2D eigenvalue weighted by molar-refractivity contribution is -0.139. The second-order valence-corrected chi connectivity index (χ2v) is 4.25. The van der Waals surface area contributed by atoms with Gasteiger partial charge in [0.25, 0.3) is 0 Å². The maximum atomic E-state index is 11.8. The molecule has 6 nitrogen and oxygen atoms in total. The van der Waals surface area contributed by atoms with E-state index in [1.165, 1.54) is 0 Å². The van der Waals surface area contributed by atoms with Crippen LogP contribution in [-0.2, 0) is 4.79 Å². The number of aliphatic carboxylic acids is 1. The Morgan fingerprint density at radius 3 is 2.24 bits per heavy atom. The number of carboxylic acid groups (broad SMARTS) is 1. The molecule has 0 radical (unpaired) electrons. The first-order valence-corrected chi connectivity index (χ1v) is 6.04. The molecule has 0 aromatic carbocycles. The molecule has 0 saturated carbocycles. The summed E-state index contributed by atoms with van der Waals surface area (Å²) < 4.78 is 0. The van der Waals surface area contributed by atoms with Crippen molar-refractivity contribution in [3.63, 3.8) is 0 Å². The summed E-state index contributed by atoms with van der Waals surface area (Å²) in [5.74, 6) is -1.11. The SMILES string of the molecule is O=C(O)[C@@H](CCO)NC(=O)N1CCCCCC1. The van der Waals surface area contributed by atoms with Crippen LogP contribution in [0.2, 0.25) is 0 Å². The molecule has 0 aromatic heterocycles. The van der Waals surface area contributed by atoms with E-state index >= 15 is 0 Å². The van der Waals surface area contributed by atoms with E-state index in [2.05, 4.69) is 5.32 Å². The number of aliphatic hydroxyl groups excluding tert-OH is 1. The zero-order valence-corrected chi connectivity index (χ0v) is 9.89. The number of rotatable bonds is 4. The van der Waals surface area contributed by atoms with E-state index in [0.29, 0.717) is 13.1 Å². The van der Waals surface area contributed by atoms with Crippen LogP contribution in [0.3, 0.4) is 0 Å². The molecule has 1 aliphatic heterocycles. The van der Waals surface area contributed by atoms with Crippen LogP contribution in [-0.4, -0.2) is 52.9 Å². The summed E-state index contributed by atoms with van der Waals surface area (Å²) in [6, 6.07) is -1.34. The average molecular weight is 244 g/mol. The van der Waals surface area contributed by atoms with Crippen molar-refractivity contribution >= 4 is 12.0 Å². The maximum Gasteiger partial charge on any atom is 0.326 e. The molecule has 2 amide bonds. The summed E-state index contributed by atoms with van der Waals surface area (Å²) in [6.07, 6.45) is 4.19. The summed E-state index contributed by atoms with van der Waals surface area (Å²) in [7, 11) is 0. The van der Waals surface area contributed by atoms with Crippen molar-refractivity contribution < 1.29 is 19.8 Å². The molecule has 0 unspecified atom stereocenters. The zero-order chi connectivity index (χ0) is 12.7. The molecule has 0 aliphatic carbocycles. The van der Waals surface area contributed by atoms with Gasteiger partial charge in [-0.05, 0) is 12.8 Å². The fourth-order valence-electron chi connectivity index (χ4n) is 1.90. The Labute approximate surface area is 101 Å². The van der Waals surface area contributed by atoms with Crippen LogP contribution in [0.4, 0.5) is 4.79 Å². The van der Waals surface area contributed by atoms with Crippen molar-refractivity contribution in [1.29, 1.82) is 0 Å². The average Bonchev–Trinajstić information content (AvgIpc) is 2.56. The summed E-state index contributed by atoms with van der Waals surface area (Å²) >= 11 is 0. The number of amides is 2. The van der Waals surface area contributed by atoms with E-state index < -0.39 is 12.0 Å². The Balaban J connectivity index is 2.47. The first-order valence-electron chi connectivity index (χ1n) is 6.04. The predicted octanol–water partition coefficient (Wildman–Crippen LogP) is 0.408.